The van der Waals surface area contributed by atoms with Crippen molar-refractivity contribution in [1.29, 1.82) is 0 Å². The first-order valence-corrected chi connectivity index (χ1v) is 8.46. The van der Waals surface area contributed by atoms with Gasteiger partial charge in [-0.25, -0.2) is 14.8 Å². The fraction of sp³-hybridized carbons (Fsp3) is 0.150. The number of methoxy groups -OCH3 is 1. The smallest absolute Gasteiger partial charge is 0.252 e. The van der Waals surface area contributed by atoms with Crippen molar-refractivity contribution in [2.45, 2.75) is 13.5 Å². The monoisotopic (exact) mass is 382 g/mol. The largest absolute Gasteiger partial charge is 0.493 e. The van der Waals surface area contributed by atoms with Gasteiger partial charge in [0.2, 0.25) is 5.95 Å². The van der Waals surface area contributed by atoms with E-state index in [4.69, 9.17) is 9.47 Å². The molecule has 0 aliphatic heterocycles. The molecular weight excluding hydrogens is 363 g/mol. The molecule has 0 saturated heterocycles. The van der Waals surface area contributed by atoms with E-state index in [9.17, 15) is 9.18 Å². The Hall–Kier alpha value is -3.68. The zero-order valence-corrected chi connectivity index (χ0v) is 15.4. The van der Waals surface area contributed by atoms with Gasteiger partial charge < -0.3 is 9.47 Å². The zero-order valence-electron chi connectivity index (χ0n) is 15.4. The van der Waals surface area contributed by atoms with Crippen molar-refractivity contribution in [2.24, 2.45) is 5.10 Å². The first-order chi connectivity index (χ1) is 13.5. The number of hydrogen-bond acceptors (Lipinski definition) is 6. The van der Waals surface area contributed by atoms with Crippen LogP contribution in [-0.4, -0.2) is 23.3 Å². The van der Waals surface area contributed by atoms with Gasteiger partial charge in [0.1, 0.15) is 12.4 Å². The summed E-state index contributed by atoms with van der Waals surface area (Å²) in [5.74, 6) is 1.06. The van der Waals surface area contributed by atoms with Crippen LogP contribution in [0.2, 0.25) is 0 Å². The molecule has 8 heteroatoms. The number of halogens is 1. The Kier molecular flexibility index (Phi) is 6.01. The van der Waals surface area contributed by atoms with Crippen molar-refractivity contribution in [3.8, 4) is 11.5 Å². The molecular formula is C20H19FN4O3. The summed E-state index contributed by atoms with van der Waals surface area (Å²) in [5.41, 5.74) is 4.61. The fourth-order valence-corrected chi connectivity index (χ4v) is 2.43. The number of hydrogen-bond donors (Lipinski definition) is 2. The number of hydrazone groups is 1. The van der Waals surface area contributed by atoms with Crippen LogP contribution in [0.3, 0.4) is 0 Å². The number of benzene rings is 2. The van der Waals surface area contributed by atoms with Crippen LogP contribution in [0.1, 0.15) is 16.8 Å². The molecule has 0 bridgehead atoms. The van der Waals surface area contributed by atoms with Crippen molar-refractivity contribution in [3.05, 3.63) is 81.5 Å². The third-order valence-corrected chi connectivity index (χ3v) is 3.75. The lowest BCUT2D eigenvalue weighted by molar-refractivity contribution is 0.284. The number of H-pyrrole nitrogens is 1. The van der Waals surface area contributed by atoms with Gasteiger partial charge in [0, 0.05) is 11.8 Å². The van der Waals surface area contributed by atoms with Gasteiger partial charge in [-0.05, 0) is 48.4 Å². The van der Waals surface area contributed by atoms with Gasteiger partial charge in [-0.1, -0.05) is 12.1 Å². The lowest BCUT2D eigenvalue weighted by atomic mass is 10.2. The van der Waals surface area contributed by atoms with Crippen LogP contribution in [0.4, 0.5) is 10.3 Å². The summed E-state index contributed by atoms with van der Waals surface area (Å²) < 4.78 is 24.1. The summed E-state index contributed by atoms with van der Waals surface area (Å²) in [7, 11) is 1.54. The number of anilines is 1. The molecule has 0 amide bonds. The quantitative estimate of drug-likeness (QED) is 0.484. The first-order valence-electron chi connectivity index (χ1n) is 8.46. The summed E-state index contributed by atoms with van der Waals surface area (Å²) in [5, 5.41) is 4.06. The van der Waals surface area contributed by atoms with E-state index < -0.39 is 0 Å². The minimum absolute atomic E-state index is 0.255. The third-order valence-electron chi connectivity index (χ3n) is 3.75. The first kappa shape index (κ1) is 19.1. The molecule has 1 aromatic heterocycles. The van der Waals surface area contributed by atoms with Crippen LogP contribution in [0.25, 0.3) is 0 Å². The number of ether oxygens (including phenoxy) is 2. The highest BCUT2D eigenvalue weighted by Crippen LogP contribution is 2.28. The van der Waals surface area contributed by atoms with E-state index in [-0.39, 0.29) is 23.9 Å². The van der Waals surface area contributed by atoms with E-state index in [0.717, 1.165) is 11.1 Å². The maximum atomic E-state index is 13.0. The molecule has 3 rings (SSSR count). The molecule has 2 N–H and O–H groups in total. The number of nitrogens with zero attached hydrogens (tertiary/aromatic N) is 2. The maximum Gasteiger partial charge on any atom is 0.252 e. The molecule has 0 aliphatic carbocycles. The molecule has 144 valence electrons. The highest BCUT2D eigenvalue weighted by atomic mass is 19.1. The van der Waals surface area contributed by atoms with Gasteiger partial charge in [-0.15, -0.1) is 0 Å². The molecule has 28 heavy (non-hydrogen) atoms. The van der Waals surface area contributed by atoms with Crippen molar-refractivity contribution in [2.75, 3.05) is 12.5 Å². The van der Waals surface area contributed by atoms with Crippen LogP contribution in [-0.2, 0) is 6.61 Å². The number of aromatic nitrogens is 2. The molecule has 0 fully saturated rings. The second kappa shape index (κ2) is 8.81. The van der Waals surface area contributed by atoms with Crippen LogP contribution < -0.4 is 20.5 Å². The number of rotatable bonds is 7. The standard InChI is InChI=1S/C20H19FN4O3/c1-13-9-19(26)24-20(23-13)25-22-11-15-5-8-17(18(10-15)27-2)28-12-14-3-6-16(21)7-4-14/h3-11H,12H2,1-2H3,(H2,23,24,25,26). The lowest BCUT2D eigenvalue weighted by Gasteiger charge is -2.11. The van der Waals surface area contributed by atoms with Crippen molar-refractivity contribution < 1.29 is 13.9 Å². The molecule has 1 heterocycles. The Balaban J connectivity index is 1.66. The topological polar surface area (TPSA) is 88.6 Å². The van der Waals surface area contributed by atoms with Gasteiger partial charge in [-0.3, -0.25) is 9.78 Å². The van der Waals surface area contributed by atoms with Crippen LogP contribution >= 0.6 is 0 Å². The average Bonchev–Trinajstić information content (AvgIpc) is 2.67. The summed E-state index contributed by atoms with van der Waals surface area (Å²) in [6.45, 7) is 2.01. The Morgan fingerprint density at radius 1 is 1.18 bits per heavy atom. The van der Waals surface area contributed by atoms with E-state index in [1.807, 2.05) is 0 Å². The lowest BCUT2D eigenvalue weighted by Crippen LogP contribution is -2.10. The Morgan fingerprint density at radius 2 is 1.96 bits per heavy atom. The van der Waals surface area contributed by atoms with Crippen molar-refractivity contribution >= 4 is 12.2 Å². The molecule has 0 radical (unpaired) electrons. The number of aryl methyl sites for hydroxylation is 1. The van der Waals surface area contributed by atoms with Gasteiger partial charge in [-0.2, -0.15) is 5.10 Å². The molecule has 0 unspecified atom stereocenters. The minimum Gasteiger partial charge on any atom is -0.493 e. The Morgan fingerprint density at radius 3 is 2.68 bits per heavy atom. The summed E-state index contributed by atoms with van der Waals surface area (Å²) >= 11 is 0. The van der Waals surface area contributed by atoms with Crippen molar-refractivity contribution in [1.82, 2.24) is 9.97 Å². The molecule has 7 nitrogen and oxygen atoms in total. The second-order valence-electron chi connectivity index (χ2n) is 5.93. The summed E-state index contributed by atoms with van der Waals surface area (Å²) in [4.78, 5) is 18.1. The third kappa shape index (κ3) is 5.16. The van der Waals surface area contributed by atoms with Gasteiger partial charge in [0.25, 0.3) is 5.56 Å². The summed E-state index contributed by atoms with van der Waals surface area (Å²) in [6, 6.07) is 12.8. The van der Waals surface area contributed by atoms with E-state index in [1.54, 1.807) is 50.6 Å². The fourth-order valence-electron chi connectivity index (χ4n) is 2.43. The predicted molar refractivity (Wildman–Crippen MR) is 105 cm³/mol. The molecule has 3 aromatic rings. The second-order valence-corrected chi connectivity index (χ2v) is 5.93. The van der Waals surface area contributed by atoms with E-state index >= 15 is 0 Å². The Labute approximate surface area is 160 Å². The predicted octanol–water partition coefficient (Wildman–Crippen LogP) is 3.25. The van der Waals surface area contributed by atoms with Gasteiger partial charge in [0.05, 0.1) is 13.3 Å². The molecule has 0 atom stereocenters. The molecule has 2 aromatic carbocycles. The Bertz CT molecular complexity index is 1030. The van der Waals surface area contributed by atoms with E-state index in [0.29, 0.717) is 17.2 Å². The number of aromatic amines is 1. The SMILES string of the molecule is COc1cc(C=NNc2nc(C)cc(=O)[nH]2)ccc1OCc1ccc(F)cc1. The molecule has 0 spiro atoms. The van der Waals surface area contributed by atoms with Crippen LogP contribution in [0.15, 0.2) is 58.4 Å². The average molecular weight is 382 g/mol. The molecule has 0 saturated carbocycles. The maximum absolute atomic E-state index is 13.0. The zero-order chi connectivity index (χ0) is 19.9. The van der Waals surface area contributed by atoms with Crippen LogP contribution in [0, 0.1) is 12.7 Å². The van der Waals surface area contributed by atoms with E-state index in [1.165, 1.54) is 18.2 Å². The van der Waals surface area contributed by atoms with Crippen LogP contribution in [0.5, 0.6) is 11.5 Å². The molecule has 0 aliphatic rings. The van der Waals surface area contributed by atoms with E-state index in [2.05, 4.69) is 20.5 Å². The minimum atomic E-state index is -0.288. The number of nitrogens with one attached hydrogen (secondary N) is 2. The highest BCUT2D eigenvalue weighted by molar-refractivity contribution is 5.81. The normalized spacial score (nSPS) is 10.8. The summed E-state index contributed by atoms with van der Waals surface area (Å²) in [6.07, 6.45) is 1.56. The van der Waals surface area contributed by atoms with Crippen molar-refractivity contribution in [3.63, 3.8) is 0 Å². The highest BCUT2D eigenvalue weighted by Gasteiger charge is 2.06. The van der Waals surface area contributed by atoms with Gasteiger partial charge in [0.15, 0.2) is 11.5 Å². The van der Waals surface area contributed by atoms with Gasteiger partial charge >= 0.3 is 0 Å².